The molecule has 0 bridgehead atoms. The van der Waals surface area contributed by atoms with Gasteiger partial charge in [-0.15, -0.1) is 0 Å². The molecule has 0 fully saturated rings. The summed E-state index contributed by atoms with van der Waals surface area (Å²) in [5, 5.41) is 27.7. The maximum Gasteiger partial charge on any atom is 0.341 e. The molecule has 0 spiro atoms. The van der Waals surface area contributed by atoms with Crippen LogP contribution in [-0.2, 0) is 24.1 Å². The van der Waals surface area contributed by atoms with Gasteiger partial charge >= 0.3 is 5.97 Å². The summed E-state index contributed by atoms with van der Waals surface area (Å²) in [7, 11) is 0. The summed E-state index contributed by atoms with van der Waals surface area (Å²) in [6, 6.07) is 19.2. The van der Waals surface area contributed by atoms with Crippen LogP contribution in [0.1, 0.15) is 76.1 Å². The molecule has 210 valence electrons. The Morgan fingerprint density at radius 1 is 0.769 bits per heavy atom. The molecule has 39 heavy (non-hydrogen) atoms. The minimum absolute atomic E-state index is 0.301. The van der Waals surface area contributed by atoms with Crippen molar-refractivity contribution in [2.45, 2.75) is 79.4 Å². The standard InChI is InChI=1S/C34H44O5/c1-21(2)15-27-17-24(8-14-33(35)36)7-11-29(27)26-9-12-30(31(19-26)23(5)6)25-10-13-32(39-20-34(37)38)28(18-25)16-22(3)4/h7,9-13,17-19,21-23,33,35-36H,8,14-16,20H2,1-6H3,(H,37,38). The first-order chi connectivity index (χ1) is 18.4. The van der Waals surface area contributed by atoms with Crippen molar-refractivity contribution in [2.24, 2.45) is 11.8 Å². The van der Waals surface area contributed by atoms with Gasteiger partial charge in [0.25, 0.3) is 0 Å². The minimum atomic E-state index is -1.29. The predicted molar refractivity (Wildman–Crippen MR) is 158 cm³/mol. The Bertz CT molecular complexity index is 1260. The Morgan fingerprint density at radius 2 is 1.38 bits per heavy atom. The molecular weight excluding hydrogens is 488 g/mol. The Labute approximate surface area is 233 Å². The quantitative estimate of drug-likeness (QED) is 0.202. The van der Waals surface area contributed by atoms with Gasteiger partial charge in [0.1, 0.15) is 5.75 Å². The van der Waals surface area contributed by atoms with Gasteiger partial charge < -0.3 is 20.1 Å². The second-order valence-electron chi connectivity index (χ2n) is 11.7. The molecule has 0 radical (unpaired) electrons. The summed E-state index contributed by atoms with van der Waals surface area (Å²) in [5.41, 5.74) is 9.32. The lowest BCUT2D eigenvalue weighted by Gasteiger charge is -2.20. The average molecular weight is 533 g/mol. The second-order valence-corrected chi connectivity index (χ2v) is 11.7. The smallest absolute Gasteiger partial charge is 0.341 e. The molecule has 0 heterocycles. The van der Waals surface area contributed by atoms with Crippen molar-refractivity contribution < 1.29 is 24.9 Å². The first kappa shape index (κ1) is 30.4. The second kappa shape index (κ2) is 13.8. The number of aliphatic hydroxyl groups is 2. The van der Waals surface area contributed by atoms with Gasteiger partial charge in [0.05, 0.1) is 0 Å². The summed E-state index contributed by atoms with van der Waals surface area (Å²) in [6.07, 6.45) is 1.41. The normalized spacial score (nSPS) is 11.7. The van der Waals surface area contributed by atoms with E-state index in [9.17, 15) is 15.0 Å². The van der Waals surface area contributed by atoms with Gasteiger partial charge in [-0.05, 0) is 93.7 Å². The Hall–Kier alpha value is -3.15. The summed E-state index contributed by atoms with van der Waals surface area (Å²) in [4.78, 5) is 11.1. The Kier molecular flexibility index (Phi) is 10.7. The number of benzene rings is 3. The van der Waals surface area contributed by atoms with Crippen LogP contribution in [0.3, 0.4) is 0 Å². The molecule has 3 aromatic carbocycles. The van der Waals surface area contributed by atoms with E-state index in [2.05, 4.69) is 84.0 Å². The first-order valence-electron chi connectivity index (χ1n) is 14.0. The fourth-order valence-electron chi connectivity index (χ4n) is 5.09. The number of rotatable bonds is 13. The summed E-state index contributed by atoms with van der Waals surface area (Å²) < 4.78 is 5.60. The third kappa shape index (κ3) is 8.67. The third-order valence-electron chi connectivity index (χ3n) is 6.82. The van der Waals surface area contributed by atoms with E-state index in [1.807, 2.05) is 12.1 Å². The zero-order valence-corrected chi connectivity index (χ0v) is 24.2. The van der Waals surface area contributed by atoms with Crippen molar-refractivity contribution >= 4 is 5.97 Å². The third-order valence-corrected chi connectivity index (χ3v) is 6.82. The van der Waals surface area contributed by atoms with E-state index in [4.69, 9.17) is 9.84 Å². The van der Waals surface area contributed by atoms with Crippen molar-refractivity contribution in [1.29, 1.82) is 0 Å². The van der Waals surface area contributed by atoms with E-state index in [0.717, 1.165) is 29.5 Å². The van der Waals surface area contributed by atoms with Crippen molar-refractivity contribution in [2.75, 3.05) is 6.61 Å². The zero-order valence-electron chi connectivity index (χ0n) is 24.2. The summed E-state index contributed by atoms with van der Waals surface area (Å²) in [6.45, 7) is 12.8. The van der Waals surface area contributed by atoms with Crippen LogP contribution in [0.2, 0.25) is 0 Å². The molecule has 3 aromatic rings. The average Bonchev–Trinajstić information content (AvgIpc) is 2.85. The van der Waals surface area contributed by atoms with Crippen LogP contribution < -0.4 is 4.74 Å². The molecule has 0 aromatic heterocycles. The summed E-state index contributed by atoms with van der Waals surface area (Å²) in [5.74, 6) is 0.845. The number of aliphatic hydroxyl groups excluding tert-OH is 1. The van der Waals surface area contributed by atoms with Crippen molar-refractivity contribution in [3.05, 3.63) is 76.9 Å². The summed E-state index contributed by atoms with van der Waals surface area (Å²) >= 11 is 0. The van der Waals surface area contributed by atoms with Crippen molar-refractivity contribution in [1.82, 2.24) is 0 Å². The number of ether oxygens (including phenoxy) is 1. The zero-order chi connectivity index (χ0) is 28.7. The fraction of sp³-hybridized carbons (Fsp3) is 0.441. The maximum atomic E-state index is 11.1. The molecule has 3 N–H and O–H groups in total. The number of aryl methyl sites for hydroxylation is 1. The molecule has 0 aliphatic heterocycles. The molecule has 0 saturated heterocycles. The molecule has 0 unspecified atom stereocenters. The van der Waals surface area contributed by atoms with Gasteiger partial charge in [-0.2, -0.15) is 0 Å². The number of aliphatic carboxylic acids is 1. The van der Waals surface area contributed by atoms with E-state index in [0.29, 0.717) is 36.3 Å². The number of carboxylic acid groups (broad SMARTS) is 1. The maximum absolute atomic E-state index is 11.1. The lowest BCUT2D eigenvalue weighted by molar-refractivity contribution is -0.139. The highest BCUT2D eigenvalue weighted by atomic mass is 16.5. The van der Waals surface area contributed by atoms with E-state index >= 15 is 0 Å². The van der Waals surface area contributed by atoms with Crippen LogP contribution in [0.5, 0.6) is 5.75 Å². The highest BCUT2D eigenvalue weighted by Gasteiger charge is 2.16. The predicted octanol–water partition coefficient (Wildman–Crippen LogP) is 7.25. The number of carboxylic acids is 1. The monoisotopic (exact) mass is 532 g/mol. The van der Waals surface area contributed by atoms with E-state index < -0.39 is 12.3 Å². The van der Waals surface area contributed by atoms with Crippen LogP contribution in [0.15, 0.2) is 54.6 Å². The van der Waals surface area contributed by atoms with Gasteiger partial charge in [0.2, 0.25) is 0 Å². The Morgan fingerprint density at radius 3 is 2.00 bits per heavy atom. The highest BCUT2D eigenvalue weighted by molar-refractivity contribution is 5.77. The van der Waals surface area contributed by atoms with E-state index in [1.54, 1.807) is 0 Å². The van der Waals surface area contributed by atoms with Gasteiger partial charge in [-0.3, -0.25) is 0 Å². The number of hydrogen-bond donors (Lipinski definition) is 3. The molecule has 0 aliphatic carbocycles. The van der Waals surface area contributed by atoms with Crippen LogP contribution in [0, 0.1) is 11.8 Å². The van der Waals surface area contributed by atoms with Gasteiger partial charge in [-0.1, -0.05) is 84.0 Å². The molecule has 0 aliphatic rings. The largest absolute Gasteiger partial charge is 0.482 e. The first-order valence-corrected chi connectivity index (χ1v) is 14.0. The number of carbonyl (C=O) groups is 1. The lowest BCUT2D eigenvalue weighted by atomic mass is 9.86. The van der Waals surface area contributed by atoms with Crippen LogP contribution in [0.4, 0.5) is 0 Å². The molecule has 3 rings (SSSR count). The fourth-order valence-corrected chi connectivity index (χ4v) is 5.09. The molecule has 5 heteroatoms. The molecule has 0 amide bonds. The topological polar surface area (TPSA) is 87.0 Å². The van der Waals surface area contributed by atoms with Crippen LogP contribution in [-0.4, -0.2) is 34.2 Å². The highest BCUT2D eigenvalue weighted by Crippen LogP contribution is 2.37. The van der Waals surface area contributed by atoms with E-state index in [-0.39, 0.29) is 6.61 Å². The minimum Gasteiger partial charge on any atom is -0.482 e. The van der Waals surface area contributed by atoms with Gasteiger partial charge in [-0.25, -0.2) is 4.79 Å². The van der Waals surface area contributed by atoms with Crippen LogP contribution in [0.25, 0.3) is 22.3 Å². The van der Waals surface area contributed by atoms with Gasteiger partial charge in [0.15, 0.2) is 12.9 Å². The number of hydrogen-bond acceptors (Lipinski definition) is 4. The molecular formula is C34H44O5. The lowest BCUT2D eigenvalue weighted by Crippen LogP contribution is -2.11. The van der Waals surface area contributed by atoms with Crippen molar-refractivity contribution in [3.63, 3.8) is 0 Å². The molecule has 0 atom stereocenters. The molecule has 0 saturated carbocycles. The SMILES string of the molecule is CC(C)Cc1cc(-c2ccc(-c3ccc(CCC(O)O)cc3CC(C)C)cc2C(C)C)ccc1OCC(=O)O. The van der Waals surface area contributed by atoms with Crippen molar-refractivity contribution in [3.8, 4) is 28.0 Å². The van der Waals surface area contributed by atoms with E-state index in [1.165, 1.54) is 27.8 Å². The van der Waals surface area contributed by atoms with Gasteiger partial charge in [0, 0.05) is 6.42 Å². The molecule has 5 nitrogen and oxygen atoms in total. The Balaban J connectivity index is 2.05. The van der Waals surface area contributed by atoms with Crippen LogP contribution >= 0.6 is 0 Å².